The van der Waals surface area contributed by atoms with Gasteiger partial charge in [0.05, 0.1) is 30.3 Å². The third-order valence-corrected chi connectivity index (χ3v) is 5.68. The van der Waals surface area contributed by atoms with E-state index in [4.69, 9.17) is 14.6 Å². The van der Waals surface area contributed by atoms with Gasteiger partial charge in [-0.2, -0.15) is 0 Å². The number of hydrogen-bond donors (Lipinski definition) is 3. The molecule has 1 saturated heterocycles. The first-order chi connectivity index (χ1) is 12.7. The van der Waals surface area contributed by atoms with Gasteiger partial charge in [0, 0.05) is 23.8 Å². The van der Waals surface area contributed by atoms with Crippen LogP contribution in [0.15, 0.2) is 48.1 Å². The van der Waals surface area contributed by atoms with E-state index in [1.165, 1.54) is 6.08 Å². The molecule has 146 valence electrons. The highest BCUT2D eigenvalue weighted by Crippen LogP contribution is 2.51. The van der Waals surface area contributed by atoms with Gasteiger partial charge in [-0.25, -0.2) is 9.59 Å². The van der Waals surface area contributed by atoms with Crippen molar-refractivity contribution in [2.75, 3.05) is 13.2 Å². The zero-order chi connectivity index (χ0) is 19.9. The number of aliphatic hydroxyl groups is 3. The van der Waals surface area contributed by atoms with Crippen molar-refractivity contribution in [1.29, 1.82) is 0 Å². The molecule has 1 saturated carbocycles. The molecule has 0 aromatic heterocycles. The summed E-state index contributed by atoms with van der Waals surface area (Å²) in [6.07, 6.45) is 3.46. The van der Waals surface area contributed by atoms with Gasteiger partial charge < -0.3 is 24.8 Å². The molecular weight excluding hydrogens is 352 g/mol. The normalized spacial score (nSPS) is 38.3. The van der Waals surface area contributed by atoms with Crippen LogP contribution in [0.2, 0.25) is 0 Å². The van der Waals surface area contributed by atoms with Crippen LogP contribution >= 0.6 is 0 Å². The second kappa shape index (κ2) is 7.07. The van der Waals surface area contributed by atoms with Crippen molar-refractivity contribution in [2.24, 2.45) is 17.8 Å². The first kappa shape index (κ1) is 19.5. The first-order valence-electron chi connectivity index (χ1n) is 8.82. The third kappa shape index (κ3) is 3.26. The molecule has 7 nitrogen and oxygen atoms in total. The van der Waals surface area contributed by atoms with Crippen molar-refractivity contribution < 1.29 is 34.4 Å². The van der Waals surface area contributed by atoms with Crippen LogP contribution in [0, 0.1) is 17.8 Å². The Morgan fingerprint density at radius 2 is 2.15 bits per heavy atom. The van der Waals surface area contributed by atoms with Crippen LogP contribution < -0.4 is 0 Å². The van der Waals surface area contributed by atoms with E-state index in [1.807, 2.05) is 6.08 Å². The summed E-state index contributed by atoms with van der Waals surface area (Å²) in [4.78, 5) is 24.6. The van der Waals surface area contributed by atoms with Gasteiger partial charge >= 0.3 is 11.9 Å². The number of carbonyl (C=O) groups is 2. The predicted octanol–water partition coefficient (Wildman–Crippen LogP) is 0.420. The van der Waals surface area contributed by atoms with Crippen LogP contribution in [0.5, 0.6) is 0 Å². The number of allylic oxidation sites excluding steroid dienone is 1. The number of fused-ring (bicyclic) bond motifs is 3. The lowest BCUT2D eigenvalue weighted by molar-refractivity contribution is -0.151. The van der Waals surface area contributed by atoms with Crippen LogP contribution in [-0.2, 0) is 19.1 Å². The van der Waals surface area contributed by atoms with E-state index in [0.29, 0.717) is 0 Å². The largest absolute Gasteiger partial charge is 0.458 e. The van der Waals surface area contributed by atoms with Crippen LogP contribution in [0.3, 0.4) is 0 Å². The van der Waals surface area contributed by atoms with Gasteiger partial charge in [-0.05, 0) is 13.0 Å². The number of esters is 2. The molecule has 3 aliphatic rings. The maximum absolute atomic E-state index is 12.4. The molecule has 0 radical (unpaired) electrons. The fourth-order valence-corrected chi connectivity index (χ4v) is 4.33. The monoisotopic (exact) mass is 376 g/mol. The standard InChI is InChI=1S/C20H24O7/c1-10-8-14(26-19(24)12(9-22)5-7-21)15-11(2)18(23)27-17(15)16-13(10)4-6-20(16,3)25/h4-6,13-17,21-22,25H,1-2,7-9H2,3H3. The molecule has 0 spiro atoms. The Morgan fingerprint density at radius 3 is 2.78 bits per heavy atom. The summed E-state index contributed by atoms with van der Waals surface area (Å²) in [7, 11) is 0. The molecule has 6 atom stereocenters. The number of hydrogen-bond acceptors (Lipinski definition) is 7. The van der Waals surface area contributed by atoms with Crippen molar-refractivity contribution in [3.8, 4) is 0 Å². The van der Waals surface area contributed by atoms with Crippen LogP contribution in [0.4, 0.5) is 0 Å². The second-order valence-corrected chi connectivity index (χ2v) is 7.43. The second-order valence-electron chi connectivity index (χ2n) is 7.43. The fourth-order valence-electron chi connectivity index (χ4n) is 4.33. The van der Waals surface area contributed by atoms with E-state index in [-0.39, 0.29) is 23.5 Å². The Balaban J connectivity index is 1.96. The highest BCUT2D eigenvalue weighted by molar-refractivity contribution is 5.92. The quantitative estimate of drug-likeness (QED) is 0.370. The topological polar surface area (TPSA) is 113 Å². The third-order valence-electron chi connectivity index (χ3n) is 5.68. The summed E-state index contributed by atoms with van der Waals surface area (Å²) in [6, 6.07) is 0. The molecule has 0 aromatic rings. The highest BCUT2D eigenvalue weighted by atomic mass is 16.6. The lowest BCUT2D eigenvalue weighted by Crippen LogP contribution is -2.44. The number of aliphatic hydroxyl groups excluding tert-OH is 2. The van der Waals surface area contributed by atoms with Gasteiger partial charge in [-0.15, -0.1) is 0 Å². The summed E-state index contributed by atoms with van der Waals surface area (Å²) < 4.78 is 11.1. The van der Waals surface area contributed by atoms with E-state index in [2.05, 4.69) is 13.2 Å². The van der Waals surface area contributed by atoms with Crippen molar-refractivity contribution >= 4 is 11.9 Å². The number of ether oxygens (including phenoxy) is 2. The summed E-state index contributed by atoms with van der Waals surface area (Å²) in [5.74, 6) is -2.67. The van der Waals surface area contributed by atoms with Crippen LogP contribution in [0.1, 0.15) is 13.3 Å². The molecule has 1 heterocycles. The Kier molecular flexibility index (Phi) is 5.12. The van der Waals surface area contributed by atoms with E-state index >= 15 is 0 Å². The van der Waals surface area contributed by atoms with Gasteiger partial charge in [-0.1, -0.05) is 30.9 Å². The molecule has 27 heavy (non-hydrogen) atoms. The average Bonchev–Trinajstić information content (AvgIpc) is 3.03. The van der Waals surface area contributed by atoms with E-state index < -0.39 is 54.8 Å². The molecule has 2 aliphatic carbocycles. The molecule has 7 heteroatoms. The van der Waals surface area contributed by atoms with Gasteiger partial charge in [0.1, 0.15) is 12.2 Å². The molecule has 0 aromatic carbocycles. The van der Waals surface area contributed by atoms with E-state index in [0.717, 1.165) is 5.57 Å². The Hall–Kier alpha value is -2.22. The van der Waals surface area contributed by atoms with Gasteiger partial charge in [0.25, 0.3) is 0 Å². The number of carbonyl (C=O) groups excluding carboxylic acids is 2. The van der Waals surface area contributed by atoms with Gasteiger partial charge in [-0.3, -0.25) is 0 Å². The molecule has 1 aliphatic heterocycles. The molecule has 6 unspecified atom stereocenters. The lowest BCUT2D eigenvalue weighted by Gasteiger charge is -2.34. The van der Waals surface area contributed by atoms with E-state index in [1.54, 1.807) is 13.0 Å². The maximum atomic E-state index is 12.4. The van der Waals surface area contributed by atoms with Gasteiger partial charge in [0.15, 0.2) is 0 Å². The molecule has 3 rings (SSSR count). The fraction of sp³-hybridized carbons (Fsp3) is 0.500. The zero-order valence-corrected chi connectivity index (χ0v) is 15.1. The Labute approximate surface area is 157 Å². The first-order valence-corrected chi connectivity index (χ1v) is 8.82. The minimum atomic E-state index is -1.20. The average molecular weight is 376 g/mol. The van der Waals surface area contributed by atoms with Crippen LogP contribution in [-0.4, -0.2) is 58.3 Å². The van der Waals surface area contributed by atoms with Crippen molar-refractivity contribution in [3.05, 3.63) is 48.1 Å². The lowest BCUT2D eigenvalue weighted by atomic mass is 9.76. The van der Waals surface area contributed by atoms with Crippen molar-refractivity contribution in [1.82, 2.24) is 0 Å². The van der Waals surface area contributed by atoms with Crippen molar-refractivity contribution in [3.63, 3.8) is 0 Å². The summed E-state index contributed by atoms with van der Waals surface area (Å²) >= 11 is 0. The zero-order valence-electron chi connectivity index (χ0n) is 15.1. The number of rotatable bonds is 4. The Morgan fingerprint density at radius 1 is 1.44 bits per heavy atom. The maximum Gasteiger partial charge on any atom is 0.336 e. The minimum absolute atomic E-state index is 0.0770. The van der Waals surface area contributed by atoms with Crippen molar-refractivity contribution in [2.45, 2.75) is 31.2 Å². The van der Waals surface area contributed by atoms with E-state index in [9.17, 15) is 19.8 Å². The Bertz CT molecular complexity index is 745. The summed E-state index contributed by atoms with van der Waals surface area (Å²) in [6.45, 7) is 8.54. The molecule has 3 N–H and O–H groups in total. The predicted molar refractivity (Wildman–Crippen MR) is 95.1 cm³/mol. The molecule has 2 fully saturated rings. The van der Waals surface area contributed by atoms with Crippen LogP contribution in [0.25, 0.3) is 0 Å². The SMILES string of the molecule is C=C1CC(OC(=O)C(=CCO)CO)C2C(=C)C(=O)OC2C2C1C=CC2(C)O. The molecule has 0 amide bonds. The highest BCUT2D eigenvalue weighted by Gasteiger charge is 2.58. The smallest absolute Gasteiger partial charge is 0.336 e. The summed E-state index contributed by atoms with van der Waals surface area (Å²) in [5, 5.41) is 29.1. The summed E-state index contributed by atoms with van der Waals surface area (Å²) in [5.41, 5.74) is -0.341. The minimum Gasteiger partial charge on any atom is -0.458 e. The van der Waals surface area contributed by atoms with Gasteiger partial charge in [0.2, 0.25) is 0 Å². The molecular formula is C20H24O7. The molecule has 0 bridgehead atoms.